The summed E-state index contributed by atoms with van der Waals surface area (Å²) in [6.45, 7) is 5.12. The van der Waals surface area contributed by atoms with E-state index in [1.54, 1.807) is 18.0 Å². The molecule has 0 bridgehead atoms. The summed E-state index contributed by atoms with van der Waals surface area (Å²) in [6, 6.07) is 3.98. The Morgan fingerprint density at radius 1 is 1.50 bits per heavy atom. The maximum absolute atomic E-state index is 12.5. The van der Waals surface area contributed by atoms with Crippen LogP contribution >= 0.6 is 11.8 Å². The van der Waals surface area contributed by atoms with Crippen LogP contribution in [0.3, 0.4) is 0 Å². The first-order chi connectivity index (χ1) is 9.63. The van der Waals surface area contributed by atoms with E-state index < -0.39 is 0 Å². The minimum atomic E-state index is -0.00829. The molecule has 1 aromatic heterocycles. The number of carbonyl (C=O) groups excluding carboxylic acids is 1. The van der Waals surface area contributed by atoms with E-state index in [0.29, 0.717) is 5.69 Å². The number of aromatic nitrogens is 1. The molecule has 0 fully saturated rings. The van der Waals surface area contributed by atoms with Crippen LogP contribution in [-0.4, -0.2) is 47.4 Å². The minimum absolute atomic E-state index is 0.00829. The Kier molecular flexibility index (Phi) is 7.44. The van der Waals surface area contributed by atoms with Crippen LogP contribution in [0, 0.1) is 0 Å². The first-order valence-electron chi connectivity index (χ1n) is 7.10. The molecule has 5 heteroatoms. The van der Waals surface area contributed by atoms with Crippen molar-refractivity contribution in [2.75, 3.05) is 30.9 Å². The fraction of sp³-hybridized carbons (Fsp3) is 0.600. The summed E-state index contributed by atoms with van der Waals surface area (Å²) in [5.74, 6) is 0.943. The van der Waals surface area contributed by atoms with Crippen LogP contribution in [-0.2, 0) is 0 Å². The molecule has 1 atom stereocenters. The molecule has 0 aromatic carbocycles. The number of carbonyl (C=O) groups is 1. The van der Waals surface area contributed by atoms with Gasteiger partial charge in [0.05, 0.1) is 0 Å². The molecule has 0 saturated heterocycles. The fourth-order valence-corrected chi connectivity index (χ4v) is 2.81. The highest BCUT2D eigenvalue weighted by Crippen LogP contribution is 2.14. The molecule has 1 aromatic rings. The number of anilines is 1. The zero-order valence-corrected chi connectivity index (χ0v) is 13.7. The van der Waals surface area contributed by atoms with E-state index in [0.717, 1.165) is 30.8 Å². The molecule has 112 valence electrons. The molecule has 0 aliphatic carbocycles. The molecule has 20 heavy (non-hydrogen) atoms. The zero-order chi connectivity index (χ0) is 15.0. The SMILES string of the molecule is CCCNc1ccnc(C(=O)N(C)C(CC)CSC)c1. The van der Waals surface area contributed by atoms with E-state index >= 15 is 0 Å². The van der Waals surface area contributed by atoms with Crippen LogP contribution in [0.25, 0.3) is 0 Å². The minimum Gasteiger partial charge on any atom is -0.385 e. The summed E-state index contributed by atoms with van der Waals surface area (Å²) in [5.41, 5.74) is 1.46. The van der Waals surface area contributed by atoms with Gasteiger partial charge in [0.15, 0.2) is 0 Å². The van der Waals surface area contributed by atoms with Gasteiger partial charge in [-0.15, -0.1) is 0 Å². The molecule has 1 heterocycles. The maximum Gasteiger partial charge on any atom is 0.272 e. The summed E-state index contributed by atoms with van der Waals surface area (Å²) >= 11 is 1.76. The van der Waals surface area contributed by atoms with Crippen LogP contribution in [0.15, 0.2) is 18.3 Å². The topological polar surface area (TPSA) is 45.2 Å². The van der Waals surface area contributed by atoms with Gasteiger partial charge in [-0.3, -0.25) is 9.78 Å². The average molecular weight is 295 g/mol. The Morgan fingerprint density at radius 2 is 2.25 bits per heavy atom. The smallest absolute Gasteiger partial charge is 0.272 e. The third kappa shape index (κ3) is 4.71. The first-order valence-corrected chi connectivity index (χ1v) is 8.49. The zero-order valence-electron chi connectivity index (χ0n) is 12.8. The van der Waals surface area contributed by atoms with Crippen molar-refractivity contribution in [1.29, 1.82) is 0 Å². The second-order valence-electron chi connectivity index (χ2n) is 4.79. The van der Waals surface area contributed by atoms with Crippen LogP contribution in [0.2, 0.25) is 0 Å². The lowest BCUT2D eigenvalue weighted by molar-refractivity contribution is 0.0738. The number of amides is 1. The van der Waals surface area contributed by atoms with Gasteiger partial charge in [-0.1, -0.05) is 13.8 Å². The van der Waals surface area contributed by atoms with Gasteiger partial charge >= 0.3 is 0 Å². The summed E-state index contributed by atoms with van der Waals surface area (Å²) < 4.78 is 0. The van der Waals surface area contributed by atoms with Gasteiger partial charge in [0.2, 0.25) is 0 Å². The Bertz CT molecular complexity index is 425. The molecule has 1 unspecified atom stereocenters. The molecule has 0 aliphatic heterocycles. The highest BCUT2D eigenvalue weighted by Gasteiger charge is 2.20. The first kappa shape index (κ1) is 16.8. The van der Waals surface area contributed by atoms with Crippen LogP contribution in [0.5, 0.6) is 0 Å². The Labute approximate surface area is 126 Å². The highest BCUT2D eigenvalue weighted by molar-refractivity contribution is 7.98. The quantitative estimate of drug-likeness (QED) is 0.800. The van der Waals surface area contributed by atoms with Crippen molar-refractivity contribution in [2.24, 2.45) is 0 Å². The van der Waals surface area contributed by atoms with Gasteiger partial charge in [0.1, 0.15) is 5.69 Å². The molecule has 0 radical (unpaired) electrons. The van der Waals surface area contributed by atoms with Crippen LogP contribution in [0.4, 0.5) is 5.69 Å². The van der Waals surface area contributed by atoms with Crippen molar-refractivity contribution in [3.8, 4) is 0 Å². The molecule has 1 amide bonds. The lowest BCUT2D eigenvalue weighted by Gasteiger charge is -2.26. The molecule has 0 spiro atoms. The summed E-state index contributed by atoms with van der Waals surface area (Å²) in [4.78, 5) is 18.5. The fourth-order valence-electron chi connectivity index (χ4n) is 1.97. The maximum atomic E-state index is 12.5. The monoisotopic (exact) mass is 295 g/mol. The van der Waals surface area contributed by atoms with Gasteiger partial charge in [0, 0.05) is 37.3 Å². The van der Waals surface area contributed by atoms with Crippen molar-refractivity contribution in [1.82, 2.24) is 9.88 Å². The molecule has 4 nitrogen and oxygen atoms in total. The van der Waals surface area contributed by atoms with E-state index in [9.17, 15) is 4.79 Å². The number of nitrogens with one attached hydrogen (secondary N) is 1. The van der Waals surface area contributed by atoms with Crippen LogP contribution < -0.4 is 5.32 Å². The standard InChI is InChI=1S/C15H25N3OS/c1-5-8-16-12-7-9-17-14(10-12)15(19)18(3)13(6-2)11-20-4/h7,9-10,13H,5-6,8,11H2,1-4H3,(H,16,17). The van der Waals surface area contributed by atoms with E-state index in [1.165, 1.54) is 0 Å². The van der Waals surface area contributed by atoms with Gasteiger partial charge < -0.3 is 10.2 Å². The van der Waals surface area contributed by atoms with Crippen molar-refractivity contribution >= 4 is 23.4 Å². The Hall–Kier alpha value is -1.23. The van der Waals surface area contributed by atoms with E-state index in [2.05, 4.69) is 30.4 Å². The van der Waals surface area contributed by atoms with Gasteiger partial charge in [-0.05, 0) is 31.2 Å². The van der Waals surface area contributed by atoms with Gasteiger partial charge in [-0.2, -0.15) is 11.8 Å². The third-order valence-corrected chi connectivity index (χ3v) is 3.97. The number of nitrogens with zero attached hydrogens (tertiary/aromatic N) is 2. The van der Waals surface area contributed by atoms with E-state index in [-0.39, 0.29) is 11.9 Å². The predicted molar refractivity (Wildman–Crippen MR) is 87.6 cm³/mol. The molecule has 1 N–H and O–H groups in total. The summed E-state index contributed by atoms with van der Waals surface area (Å²) in [6.07, 6.45) is 5.76. The van der Waals surface area contributed by atoms with Gasteiger partial charge in [0.25, 0.3) is 5.91 Å². The van der Waals surface area contributed by atoms with Crippen molar-refractivity contribution in [3.63, 3.8) is 0 Å². The van der Waals surface area contributed by atoms with Gasteiger partial charge in [-0.25, -0.2) is 0 Å². The molecule has 0 saturated carbocycles. The Morgan fingerprint density at radius 3 is 2.85 bits per heavy atom. The second kappa shape index (κ2) is 8.84. The molecular weight excluding hydrogens is 270 g/mol. The molecule has 0 aliphatic rings. The lowest BCUT2D eigenvalue weighted by atomic mass is 10.2. The van der Waals surface area contributed by atoms with Crippen molar-refractivity contribution in [3.05, 3.63) is 24.0 Å². The van der Waals surface area contributed by atoms with Crippen molar-refractivity contribution in [2.45, 2.75) is 32.7 Å². The number of thioether (sulfide) groups is 1. The highest BCUT2D eigenvalue weighted by atomic mass is 32.2. The summed E-state index contributed by atoms with van der Waals surface area (Å²) in [7, 11) is 1.86. The largest absolute Gasteiger partial charge is 0.385 e. The van der Waals surface area contributed by atoms with E-state index in [1.807, 2.05) is 24.1 Å². The number of pyridine rings is 1. The number of hydrogen-bond donors (Lipinski definition) is 1. The third-order valence-electron chi connectivity index (χ3n) is 3.26. The van der Waals surface area contributed by atoms with Crippen molar-refractivity contribution < 1.29 is 4.79 Å². The number of hydrogen-bond acceptors (Lipinski definition) is 4. The predicted octanol–water partition coefficient (Wildman–Crippen LogP) is 3.12. The van der Waals surface area contributed by atoms with E-state index in [4.69, 9.17) is 0 Å². The summed E-state index contributed by atoms with van der Waals surface area (Å²) in [5, 5.41) is 3.28. The molecule has 1 rings (SSSR count). The average Bonchev–Trinajstić information content (AvgIpc) is 2.49. The lowest BCUT2D eigenvalue weighted by Crippen LogP contribution is -2.38. The van der Waals surface area contributed by atoms with Crippen LogP contribution in [0.1, 0.15) is 37.2 Å². The normalized spacial score (nSPS) is 12.0. The second-order valence-corrected chi connectivity index (χ2v) is 5.70. The molecular formula is C15H25N3OS. The number of rotatable bonds is 8. The Balaban J connectivity index is 2.79.